The highest BCUT2D eigenvalue weighted by Gasteiger charge is 2.04. The molecular formula is C10H12Br2N6. The van der Waals surface area contributed by atoms with E-state index in [-0.39, 0.29) is 0 Å². The van der Waals surface area contributed by atoms with Gasteiger partial charge in [-0.25, -0.2) is 0 Å². The van der Waals surface area contributed by atoms with Gasteiger partial charge in [-0.15, -0.1) is 15.3 Å². The zero-order valence-electron chi connectivity index (χ0n) is 9.85. The van der Waals surface area contributed by atoms with Crippen LogP contribution in [0.5, 0.6) is 0 Å². The molecule has 96 valence electrons. The first-order valence-corrected chi connectivity index (χ1v) is 6.49. The number of aryl methyl sites for hydroxylation is 1. The van der Waals surface area contributed by atoms with Gasteiger partial charge in [0.2, 0.25) is 0 Å². The predicted molar refractivity (Wildman–Crippen MR) is 77.8 cm³/mol. The number of rotatable bonds is 0. The Hall–Kier alpha value is -1.28. The number of nitrogens with two attached hydrogens (primary N) is 2. The molecule has 0 spiro atoms. The molecule has 4 N–H and O–H groups in total. The van der Waals surface area contributed by atoms with E-state index in [1.54, 1.807) is 12.3 Å². The Balaban J connectivity index is 0.000000184. The Kier molecular flexibility index (Phi) is 5.42. The second kappa shape index (κ2) is 6.60. The van der Waals surface area contributed by atoms with Crippen LogP contribution in [0.2, 0.25) is 0 Å². The standard InChI is InChI=1S/C5H5Br2N3.C5H7N3/c1-2-3(6)5(8)10-9-4(2)7;1-4-2-5(6)8-7-3-4/h1H3,(H2,8,10);2-3H,1H3,(H2,6,8). The summed E-state index contributed by atoms with van der Waals surface area (Å²) in [5, 5.41) is 14.6. The molecule has 6 nitrogen and oxygen atoms in total. The van der Waals surface area contributed by atoms with Gasteiger partial charge in [0.15, 0.2) is 5.82 Å². The molecule has 0 aromatic carbocycles. The molecule has 0 saturated heterocycles. The molecule has 0 aliphatic rings. The van der Waals surface area contributed by atoms with Crippen LogP contribution in [0.1, 0.15) is 11.1 Å². The third-order valence-corrected chi connectivity index (χ3v) is 3.67. The van der Waals surface area contributed by atoms with Crippen molar-refractivity contribution >= 4 is 43.5 Å². The van der Waals surface area contributed by atoms with E-state index in [2.05, 4.69) is 52.3 Å². The molecule has 0 aliphatic heterocycles. The van der Waals surface area contributed by atoms with Gasteiger partial charge in [-0.2, -0.15) is 5.10 Å². The normalized spacial score (nSPS) is 9.56. The van der Waals surface area contributed by atoms with Crippen molar-refractivity contribution in [1.82, 2.24) is 20.4 Å². The monoisotopic (exact) mass is 374 g/mol. The first kappa shape index (κ1) is 14.8. The molecule has 0 unspecified atom stereocenters. The van der Waals surface area contributed by atoms with Crippen molar-refractivity contribution in [3.8, 4) is 0 Å². The summed E-state index contributed by atoms with van der Waals surface area (Å²) in [6.07, 6.45) is 1.66. The average molecular weight is 376 g/mol. The van der Waals surface area contributed by atoms with Crippen molar-refractivity contribution in [1.29, 1.82) is 0 Å². The van der Waals surface area contributed by atoms with E-state index in [9.17, 15) is 0 Å². The average Bonchev–Trinajstić information content (AvgIpc) is 2.32. The molecule has 0 aliphatic carbocycles. The van der Waals surface area contributed by atoms with Gasteiger partial charge in [0, 0.05) is 5.56 Å². The van der Waals surface area contributed by atoms with Gasteiger partial charge in [0.25, 0.3) is 0 Å². The van der Waals surface area contributed by atoms with Crippen LogP contribution in [-0.4, -0.2) is 20.4 Å². The van der Waals surface area contributed by atoms with Crippen LogP contribution >= 0.6 is 31.9 Å². The lowest BCUT2D eigenvalue weighted by atomic mass is 10.3. The highest BCUT2D eigenvalue weighted by molar-refractivity contribution is 9.11. The maximum Gasteiger partial charge on any atom is 0.160 e. The SMILES string of the molecule is Cc1c(Br)nnc(N)c1Br.Cc1cnnc(N)c1. The molecule has 8 heteroatoms. The summed E-state index contributed by atoms with van der Waals surface area (Å²) in [5.41, 5.74) is 12.7. The second-order valence-electron chi connectivity index (χ2n) is 3.47. The molecule has 0 bridgehead atoms. The van der Waals surface area contributed by atoms with E-state index in [4.69, 9.17) is 11.5 Å². The summed E-state index contributed by atoms with van der Waals surface area (Å²) in [5.74, 6) is 0.894. The van der Waals surface area contributed by atoms with Crippen LogP contribution in [0, 0.1) is 13.8 Å². The van der Waals surface area contributed by atoms with Gasteiger partial charge >= 0.3 is 0 Å². The van der Waals surface area contributed by atoms with Crippen molar-refractivity contribution < 1.29 is 0 Å². The Morgan fingerprint density at radius 1 is 1.06 bits per heavy atom. The molecule has 2 aromatic heterocycles. The number of nitrogen functional groups attached to an aromatic ring is 2. The maximum absolute atomic E-state index is 5.45. The zero-order valence-corrected chi connectivity index (χ0v) is 13.0. The first-order valence-electron chi connectivity index (χ1n) is 4.90. The van der Waals surface area contributed by atoms with Crippen LogP contribution < -0.4 is 11.5 Å². The quantitative estimate of drug-likeness (QED) is 0.731. The van der Waals surface area contributed by atoms with Crippen LogP contribution in [-0.2, 0) is 0 Å². The summed E-state index contributed by atoms with van der Waals surface area (Å²) in [7, 11) is 0. The number of hydrogen-bond donors (Lipinski definition) is 2. The van der Waals surface area contributed by atoms with E-state index in [0.29, 0.717) is 16.2 Å². The zero-order chi connectivity index (χ0) is 13.7. The van der Waals surface area contributed by atoms with E-state index in [1.807, 2.05) is 13.8 Å². The Morgan fingerprint density at radius 2 is 1.72 bits per heavy atom. The van der Waals surface area contributed by atoms with Gasteiger partial charge in [-0.05, 0) is 57.3 Å². The third-order valence-electron chi connectivity index (χ3n) is 1.92. The number of hydrogen-bond acceptors (Lipinski definition) is 6. The molecule has 2 aromatic rings. The van der Waals surface area contributed by atoms with Gasteiger partial charge in [0.1, 0.15) is 10.4 Å². The molecule has 0 radical (unpaired) electrons. The largest absolute Gasteiger partial charge is 0.382 e. The lowest BCUT2D eigenvalue weighted by molar-refractivity contribution is 0.988. The van der Waals surface area contributed by atoms with Crippen LogP contribution in [0.3, 0.4) is 0 Å². The molecule has 2 rings (SSSR count). The van der Waals surface area contributed by atoms with Crippen molar-refractivity contribution in [3.05, 3.63) is 32.5 Å². The fourth-order valence-electron chi connectivity index (χ4n) is 0.985. The summed E-state index contributed by atoms with van der Waals surface area (Å²) in [6, 6.07) is 1.77. The summed E-state index contributed by atoms with van der Waals surface area (Å²) in [6.45, 7) is 3.82. The molecule has 0 fully saturated rings. The predicted octanol–water partition coefficient (Wildman–Crippen LogP) is 2.26. The molecule has 0 saturated carbocycles. The molecule has 18 heavy (non-hydrogen) atoms. The van der Waals surface area contributed by atoms with Crippen LogP contribution in [0.15, 0.2) is 21.3 Å². The van der Waals surface area contributed by atoms with E-state index in [0.717, 1.165) is 15.6 Å². The minimum atomic E-state index is 0.417. The Bertz CT molecular complexity index is 502. The molecule has 0 amide bonds. The smallest absolute Gasteiger partial charge is 0.160 e. The fraction of sp³-hybridized carbons (Fsp3) is 0.200. The second-order valence-corrected chi connectivity index (χ2v) is 5.02. The van der Waals surface area contributed by atoms with E-state index < -0.39 is 0 Å². The first-order chi connectivity index (χ1) is 8.41. The van der Waals surface area contributed by atoms with Crippen molar-refractivity contribution in [3.63, 3.8) is 0 Å². The van der Waals surface area contributed by atoms with Crippen molar-refractivity contribution in [2.45, 2.75) is 13.8 Å². The van der Waals surface area contributed by atoms with Gasteiger partial charge in [0.05, 0.1) is 10.7 Å². The van der Waals surface area contributed by atoms with E-state index in [1.165, 1.54) is 0 Å². The minimum Gasteiger partial charge on any atom is -0.382 e. The lowest BCUT2D eigenvalue weighted by Gasteiger charge is -2.00. The Labute approximate surface area is 121 Å². The van der Waals surface area contributed by atoms with Crippen molar-refractivity contribution in [2.24, 2.45) is 0 Å². The highest BCUT2D eigenvalue weighted by atomic mass is 79.9. The van der Waals surface area contributed by atoms with Crippen molar-refractivity contribution in [2.75, 3.05) is 11.5 Å². The number of aromatic nitrogens is 4. The van der Waals surface area contributed by atoms with Gasteiger partial charge in [-0.3, -0.25) is 0 Å². The number of halogens is 2. The topological polar surface area (TPSA) is 104 Å². The summed E-state index contributed by atoms with van der Waals surface area (Å²) < 4.78 is 1.52. The maximum atomic E-state index is 5.45. The molecular weight excluding hydrogens is 364 g/mol. The number of anilines is 2. The van der Waals surface area contributed by atoms with Gasteiger partial charge < -0.3 is 11.5 Å². The Morgan fingerprint density at radius 3 is 2.17 bits per heavy atom. The molecule has 0 atom stereocenters. The third kappa shape index (κ3) is 4.19. The summed E-state index contributed by atoms with van der Waals surface area (Å²) in [4.78, 5) is 0. The van der Waals surface area contributed by atoms with Crippen LogP contribution in [0.25, 0.3) is 0 Å². The highest BCUT2D eigenvalue weighted by Crippen LogP contribution is 2.25. The molecule has 2 heterocycles. The van der Waals surface area contributed by atoms with Crippen LogP contribution in [0.4, 0.5) is 11.6 Å². The minimum absolute atomic E-state index is 0.417. The van der Waals surface area contributed by atoms with Gasteiger partial charge in [-0.1, -0.05) is 0 Å². The lowest BCUT2D eigenvalue weighted by Crippen LogP contribution is -1.97. The fourth-order valence-corrected chi connectivity index (χ4v) is 1.80. The van der Waals surface area contributed by atoms with E-state index >= 15 is 0 Å². The summed E-state index contributed by atoms with van der Waals surface area (Å²) >= 11 is 6.49. The number of nitrogens with zero attached hydrogens (tertiary/aromatic N) is 4.